The van der Waals surface area contributed by atoms with Crippen LogP contribution in [-0.2, 0) is 4.74 Å². The molecule has 0 aliphatic carbocycles. The van der Waals surface area contributed by atoms with Crippen LogP contribution < -0.4 is 10.5 Å². The maximum Gasteiger partial charge on any atom is 0.179 e. The third kappa shape index (κ3) is 4.15. The van der Waals surface area contributed by atoms with Crippen molar-refractivity contribution in [2.45, 2.75) is 32.5 Å². The minimum absolute atomic E-state index is 0.0125. The predicted molar refractivity (Wildman–Crippen MR) is 111 cm³/mol. The normalized spacial score (nSPS) is 12.9. The molecule has 148 valence electrons. The van der Waals surface area contributed by atoms with Gasteiger partial charge < -0.3 is 15.2 Å². The zero-order chi connectivity index (χ0) is 20.5. The molecule has 0 saturated carbocycles. The Morgan fingerprint density at radius 2 is 1.82 bits per heavy atom. The van der Waals surface area contributed by atoms with Crippen LogP contribution in [0.5, 0.6) is 5.75 Å². The number of pyridine rings is 1. The third-order valence-electron chi connectivity index (χ3n) is 4.29. The molecule has 0 saturated heterocycles. The Hall–Kier alpha value is -2.51. The zero-order valence-electron chi connectivity index (χ0n) is 16.4. The van der Waals surface area contributed by atoms with Gasteiger partial charge in [0.1, 0.15) is 37.0 Å². The first-order chi connectivity index (χ1) is 13.2. The van der Waals surface area contributed by atoms with Crippen molar-refractivity contribution in [3.63, 3.8) is 0 Å². The summed E-state index contributed by atoms with van der Waals surface area (Å²) >= 11 is 0. The van der Waals surface area contributed by atoms with Gasteiger partial charge in [0.05, 0.1) is 0 Å². The van der Waals surface area contributed by atoms with Gasteiger partial charge in [-0.1, -0.05) is 31.8 Å². The molecule has 2 aromatic carbocycles. The van der Waals surface area contributed by atoms with Crippen molar-refractivity contribution in [3.8, 4) is 17.0 Å². The van der Waals surface area contributed by atoms with E-state index in [1.165, 1.54) is 18.2 Å². The summed E-state index contributed by atoms with van der Waals surface area (Å²) in [6.45, 7) is 8.81. The summed E-state index contributed by atoms with van der Waals surface area (Å²) in [5, 5.41) is 0.856. The number of nitrogens with zero attached hydrogens (tertiary/aromatic N) is 1. The smallest absolute Gasteiger partial charge is 0.179 e. The first-order valence-corrected chi connectivity index (χ1v) is 12.7. The second-order valence-electron chi connectivity index (χ2n) is 7.65. The van der Waals surface area contributed by atoms with Crippen LogP contribution in [0.2, 0.25) is 19.6 Å². The molecule has 1 aromatic heterocycles. The number of ether oxygens (including phenoxy) is 2. The maximum atomic E-state index is 14.6. The van der Waals surface area contributed by atoms with Gasteiger partial charge in [0.25, 0.3) is 0 Å². The Morgan fingerprint density at radius 3 is 2.50 bits per heavy atom. The Kier molecular flexibility index (Phi) is 5.67. The number of halogens is 2. The second-order valence-corrected chi connectivity index (χ2v) is 12.8. The average Bonchev–Trinajstić information content (AvgIpc) is 2.62. The fourth-order valence-corrected chi connectivity index (χ4v) is 4.15. The van der Waals surface area contributed by atoms with Gasteiger partial charge in [0.2, 0.25) is 0 Å². The number of nitrogens with two attached hydrogens (primary N) is 1. The van der Waals surface area contributed by atoms with E-state index in [0.717, 1.165) is 0 Å². The molecule has 0 fully saturated rings. The number of hydrogen-bond acceptors (Lipinski definition) is 4. The zero-order valence-corrected chi connectivity index (χ0v) is 17.4. The standard InChI is InChI=1S/C21H24F2N2O2Si/c1-5-26-21(28(2,3)4)27-14-11-13-7-6-8-16(22)19(13)15(12-14)20-17(23)9-10-18(24)25-20/h6-12,21H,5H2,1-4H3,(H2,24,25). The first kappa shape index (κ1) is 20.2. The highest BCUT2D eigenvalue weighted by atomic mass is 28.3. The van der Waals surface area contributed by atoms with E-state index in [0.29, 0.717) is 23.3 Å². The quantitative estimate of drug-likeness (QED) is 0.444. The summed E-state index contributed by atoms with van der Waals surface area (Å²) in [5.74, 6) is -0.814. The lowest BCUT2D eigenvalue weighted by Gasteiger charge is -2.29. The lowest BCUT2D eigenvalue weighted by molar-refractivity contribution is -0.0233. The highest BCUT2D eigenvalue weighted by Crippen LogP contribution is 2.36. The molecule has 0 aliphatic rings. The van der Waals surface area contributed by atoms with Gasteiger partial charge in [-0.25, -0.2) is 13.8 Å². The number of fused-ring (bicyclic) bond motifs is 1. The molecule has 3 aromatic rings. The molecule has 0 bridgehead atoms. The number of rotatable bonds is 6. The van der Waals surface area contributed by atoms with Crippen LogP contribution in [0.3, 0.4) is 0 Å². The van der Waals surface area contributed by atoms with Gasteiger partial charge in [0, 0.05) is 17.6 Å². The van der Waals surface area contributed by atoms with Crippen molar-refractivity contribution < 1.29 is 18.3 Å². The van der Waals surface area contributed by atoms with Crippen LogP contribution in [0.15, 0.2) is 42.5 Å². The molecule has 28 heavy (non-hydrogen) atoms. The van der Waals surface area contributed by atoms with Crippen LogP contribution in [0.25, 0.3) is 22.0 Å². The van der Waals surface area contributed by atoms with Crippen molar-refractivity contribution in [1.29, 1.82) is 0 Å². The van der Waals surface area contributed by atoms with Gasteiger partial charge in [-0.15, -0.1) is 0 Å². The lowest BCUT2D eigenvalue weighted by atomic mass is 10.00. The molecule has 0 spiro atoms. The van der Waals surface area contributed by atoms with Crippen LogP contribution in [-0.4, -0.2) is 25.6 Å². The summed E-state index contributed by atoms with van der Waals surface area (Å²) in [6, 6.07) is 10.6. The van der Waals surface area contributed by atoms with Gasteiger partial charge in [-0.3, -0.25) is 0 Å². The van der Waals surface area contributed by atoms with Crippen LogP contribution in [0, 0.1) is 11.6 Å². The molecule has 1 heterocycles. The molecule has 1 unspecified atom stereocenters. The third-order valence-corrected chi connectivity index (χ3v) is 5.99. The molecule has 0 aliphatic heterocycles. The van der Waals surface area contributed by atoms with Crippen LogP contribution in [0.1, 0.15) is 6.92 Å². The Bertz CT molecular complexity index is 1010. The molecular weight excluding hydrogens is 378 g/mol. The summed E-state index contributed by atoms with van der Waals surface area (Å²) in [6.07, 6.45) is 0. The summed E-state index contributed by atoms with van der Waals surface area (Å²) in [4.78, 5) is 4.10. The van der Waals surface area contributed by atoms with Crippen molar-refractivity contribution in [2.75, 3.05) is 12.3 Å². The van der Waals surface area contributed by atoms with Crippen molar-refractivity contribution in [3.05, 3.63) is 54.1 Å². The Balaban J connectivity index is 2.21. The minimum atomic E-state index is -1.81. The van der Waals surface area contributed by atoms with Gasteiger partial charge >= 0.3 is 0 Å². The molecule has 7 heteroatoms. The van der Waals surface area contributed by atoms with Gasteiger partial charge in [-0.05, 0) is 42.6 Å². The summed E-state index contributed by atoms with van der Waals surface area (Å²) in [5.41, 5.74) is 6.03. The number of hydrogen-bond donors (Lipinski definition) is 1. The van der Waals surface area contributed by atoms with Gasteiger partial charge in [-0.2, -0.15) is 0 Å². The molecule has 3 rings (SSSR count). The number of anilines is 1. The monoisotopic (exact) mass is 402 g/mol. The Labute approximate surface area is 164 Å². The summed E-state index contributed by atoms with van der Waals surface area (Å²) in [7, 11) is -1.81. The summed E-state index contributed by atoms with van der Waals surface area (Å²) < 4.78 is 41.1. The van der Waals surface area contributed by atoms with E-state index in [4.69, 9.17) is 15.2 Å². The van der Waals surface area contributed by atoms with Crippen molar-refractivity contribution >= 4 is 24.7 Å². The minimum Gasteiger partial charge on any atom is -0.469 e. The highest BCUT2D eigenvalue weighted by molar-refractivity contribution is 6.77. The van der Waals surface area contributed by atoms with Crippen molar-refractivity contribution in [2.24, 2.45) is 0 Å². The fraction of sp³-hybridized carbons (Fsp3) is 0.286. The molecule has 2 N–H and O–H groups in total. The highest BCUT2D eigenvalue weighted by Gasteiger charge is 2.30. The topological polar surface area (TPSA) is 57.4 Å². The molecule has 0 amide bonds. The van der Waals surface area contributed by atoms with E-state index < -0.39 is 25.6 Å². The van der Waals surface area contributed by atoms with Gasteiger partial charge in [0.15, 0.2) is 5.91 Å². The van der Waals surface area contributed by atoms with Crippen LogP contribution in [0.4, 0.5) is 14.6 Å². The molecule has 4 nitrogen and oxygen atoms in total. The number of benzene rings is 2. The van der Waals surface area contributed by atoms with E-state index >= 15 is 0 Å². The van der Waals surface area contributed by atoms with E-state index in [2.05, 4.69) is 24.6 Å². The first-order valence-electron chi connectivity index (χ1n) is 9.13. The molecule has 0 radical (unpaired) electrons. The average molecular weight is 403 g/mol. The number of nitrogen functional groups attached to an aromatic ring is 1. The SMILES string of the molecule is CCOC(Oc1cc(-c2nc(N)ccc2F)c2c(F)cccc2c1)[Si](C)(C)C. The van der Waals surface area contributed by atoms with E-state index in [1.807, 2.05) is 6.92 Å². The number of aromatic nitrogens is 1. The fourth-order valence-electron chi connectivity index (χ4n) is 2.99. The predicted octanol–water partition coefficient (Wildman–Crippen LogP) is 5.38. The van der Waals surface area contributed by atoms with Crippen LogP contribution >= 0.6 is 0 Å². The Morgan fingerprint density at radius 1 is 1.07 bits per heavy atom. The molecular formula is C21H24F2N2O2Si. The maximum absolute atomic E-state index is 14.6. The van der Waals surface area contributed by atoms with Crippen molar-refractivity contribution in [1.82, 2.24) is 4.98 Å². The van der Waals surface area contributed by atoms with E-state index in [1.54, 1.807) is 24.3 Å². The van der Waals surface area contributed by atoms with E-state index in [9.17, 15) is 8.78 Å². The van der Waals surface area contributed by atoms with E-state index in [-0.39, 0.29) is 16.9 Å². The second kappa shape index (κ2) is 7.85. The lowest BCUT2D eigenvalue weighted by Crippen LogP contribution is -2.44. The largest absolute Gasteiger partial charge is 0.469 e. The molecule has 1 atom stereocenters.